The summed E-state index contributed by atoms with van der Waals surface area (Å²) in [6.45, 7) is 0.472. The third-order valence-corrected chi connectivity index (χ3v) is 4.38. The fraction of sp³-hybridized carbons (Fsp3) is 0.286. The number of hydrogen-bond donors (Lipinski definition) is 2. The molecule has 1 aliphatic rings. The van der Waals surface area contributed by atoms with Crippen molar-refractivity contribution in [2.75, 3.05) is 0 Å². The normalized spacial score (nSPS) is 14.2. The predicted molar refractivity (Wildman–Crippen MR) is 103 cm³/mol. The van der Waals surface area contributed by atoms with E-state index in [0.717, 1.165) is 36.8 Å². The molecule has 0 aliphatic heterocycles. The number of carbonyl (C=O) groups is 2. The Kier molecular flexibility index (Phi) is 6.57. The van der Waals surface area contributed by atoms with Gasteiger partial charge in [-0.2, -0.15) is 5.10 Å². The van der Waals surface area contributed by atoms with Crippen molar-refractivity contribution in [1.82, 2.24) is 10.7 Å². The first-order valence-electron chi connectivity index (χ1n) is 9.11. The number of carbonyl (C=O) groups excluding carboxylic acids is 2. The average Bonchev–Trinajstić information content (AvgIpc) is 3.20. The maximum absolute atomic E-state index is 11.8. The minimum absolute atomic E-state index is 0.102. The highest BCUT2D eigenvalue weighted by Gasteiger charge is 2.20. The van der Waals surface area contributed by atoms with E-state index >= 15 is 0 Å². The number of hydrazone groups is 1. The number of ether oxygens (including phenoxy) is 1. The van der Waals surface area contributed by atoms with Crippen LogP contribution in [0.5, 0.6) is 5.75 Å². The van der Waals surface area contributed by atoms with E-state index in [0.29, 0.717) is 12.4 Å². The van der Waals surface area contributed by atoms with E-state index in [1.807, 2.05) is 54.6 Å². The van der Waals surface area contributed by atoms with E-state index < -0.39 is 11.8 Å². The Bertz CT molecular complexity index is 799. The second-order valence-electron chi connectivity index (χ2n) is 6.50. The first-order chi connectivity index (χ1) is 13.2. The lowest BCUT2D eigenvalue weighted by Crippen LogP contribution is -2.42. The van der Waals surface area contributed by atoms with Crippen LogP contribution in [0.4, 0.5) is 0 Å². The molecule has 2 aromatic rings. The van der Waals surface area contributed by atoms with Crippen LogP contribution in [0.1, 0.15) is 36.8 Å². The lowest BCUT2D eigenvalue weighted by Gasteiger charge is -2.10. The zero-order valence-corrected chi connectivity index (χ0v) is 15.1. The molecule has 6 nitrogen and oxygen atoms in total. The predicted octanol–water partition coefficient (Wildman–Crippen LogP) is 2.77. The molecule has 2 amide bonds. The molecule has 0 spiro atoms. The second kappa shape index (κ2) is 9.52. The molecule has 2 N–H and O–H groups in total. The van der Waals surface area contributed by atoms with Gasteiger partial charge in [-0.05, 0) is 36.1 Å². The van der Waals surface area contributed by atoms with Gasteiger partial charge in [0.25, 0.3) is 0 Å². The van der Waals surface area contributed by atoms with E-state index in [9.17, 15) is 9.59 Å². The van der Waals surface area contributed by atoms with Gasteiger partial charge in [0, 0.05) is 6.04 Å². The highest BCUT2D eigenvalue weighted by molar-refractivity contribution is 6.35. The van der Waals surface area contributed by atoms with E-state index in [1.165, 1.54) is 6.21 Å². The van der Waals surface area contributed by atoms with Gasteiger partial charge in [0.15, 0.2) is 0 Å². The molecule has 27 heavy (non-hydrogen) atoms. The smallest absolute Gasteiger partial charge is 0.329 e. The molecule has 0 saturated heterocycles. The molecule has 0 atom stereocenters. The van der Waals surface area contributed by atoms with Gasteiger partial charge in [-0.1, -0.05) is 55.3 Å². The van der Waals surface area contributed by atoms with Crippen LogP contribution < -0.4 is 15.5 Å². The number of amides is 2. The standard InChI is InChI=1S/C21H23N3O3/c25-20(23-18-10-4-5-11-18)21(26)24-22-14-17-9-6-12-19(13-17)27-15-16-7-2-1-3-8-16/h1-3,6-9,12-14,18H,4-5,10-11,15H2,(H,23,25)(H,24,26)/b22-14+. The van der Waals surface area contributed by atoms with Crippen LogP contribution in [0.2, 0.25) is 0 Å². The maximum atomic E-state index is 11.8. The molecule has 1 fully saturated rings. The van der Waals surface area contributed by atoms with Gasteiger partial charge >= 0.3 is 11.8 Å². The molecule has 0 bridgehead atoms. The van der Waals surface area contributed by atoms with Gasteiger partial charge in [0.05, 0.1) is 6.21 Å². The first kappa shape index (κ1) is 18.6. The van der Waals surface area contributed by atoms with E-state index in [-0.39, 0.29) is 6.04 Å². The highest BCUT2D eigenvalue weighted by atomic mass is 16.5. The summed E-state index contributed by atoms with van der Waals surface area (Å²) in [6, 6.07) is 17.3. The average molecular weight is 365 g/mol. The van der Waals surface area contributed by atoms with Crippen molar-refractivity contribution in [2.24, 2.45) is 5.10 Å². The molecular formula is C21H23N3O3. The zero-order chi connectivity index (χ0) is 18.9. The minimum atomic E-state index is -0.755. The van der Waals surface area contributed by atoms with Crippen molar-refractivity contribution < 1.29 is 14.3 Å². The summed E-state index contributed by atoms with van der Waals surface area (Å²) in [6.07, 6.45) is 5.52. The maximum Gasteiger partial charge on any atom is 0.329 e. The fourth-order valence-electron chi connectivity index (χ4n) is 2.96. The summed E-state index contributed by atoms with van der Waals surface area (Å²) >= 11 is 0. The summed E-state index contributed by atoms with van der Waals surface area (Å²) in [5.74, 6) is -0.693. The number of nitrogens with one attached hydrogen (secondary N) is 2. The summed E-state index contributed by atoms with van der Waals surface area (Å²) in [5.41, 5.74) is 4.10. The van der Waals surface area contributed by atoms with Crippen LogP contribution >= 0.6 is 0 Å². The van der Waals surface area contributed by atoms with Crippen LogP contribution in [0, 0.1) is 0 Å². The number of hydrogen-bond acceptors (Lipinski definition) is 4. The summed E-state index contributed by atoms with van der Waals surface area (Å²) in [4.78, 5) is 23.6. The molecule has 0 heterocycles. The molecule has 1 aliphatic carbocycles. The second-order valence-corrected chi connectivity index (χ2v) is 6.50. The molecule has 0 unspecified atom stereocenters. The van der Waals surface area contributed by atoms with Crippen molar-refractivity contribution in [3.05, 3.63) is 65.7 Å². The fourth-order valence-corrected chi connectivity index (χ4v) is 2.96. The van der Waals surface area contributed by atoms with Crippen molar-refractivity contribution in [3.8, 4) is 5.75 Å². The van der Waals surface area contributed by atoms with Crippen molar-refractivity contribution in [1.29, 1.82) is 0 Å². The Balaban J connectivity index is 1.48. The van der Waals surface area contributed by atoms with Gasteiger partial charge < -0.3 is 10.1 Å². The summed E-state index contributed by atoms with van der Waals surface area (Å²) in [5, 5.41) is 6.58. The minimum Gasteiger partial charge on any atom is -0.489 e. The van der Waals surface area contributed by atoms with E-state index in [1.54, 1.807) is 0 Å². The van der Waals surface area contributed by atoms with Crippen molar-refractivity contribution in [2.45, 2.75) is 38.3 Å². The first-order valence-corrected chi connectivity index (χ1v) is 9.11. The lowest BCUT2D eigenvalue weighted by molar-refractivity contribution is -0.139. The zero-order valence-electron chi connectivity index (χ0n) is 15.1. The van der Waals surface area contributed by atoms with E-state index in [4.69, 9.17) is 4.74 Å². The van der Waals surface area contributed by atoms with Gasteiger partial charge in [-0.25, -0.2) is 5.43 Å². The van der Waals surface area contributed by atoms with Crippen molar-refractivity contribution >= 4 is 18.0 Å². The molecule has 3 rings (SSSR count). The molecule has 0 aromatic heterocycles. The third-order valence-electron chi connectivity index (χ3n) is 4.38. The SMILES string of the molecule is O=C(N/N=C/c1cccc(OCc2ccccc2)c1)C(=O)NC1CCCC1. The molecule has 0 radical (unpaired) electrons. The summed E-state index contributed by atoms with van der Waals surface area (Å²) < 4.78 is 5.76. The van der Waals surface area contributed by atoms with Crippen LogP contribution in [-0.2, 0) is 16.2 Å². The molecule has 140 valence electrons. The van der Waals surface area contributed by atoms with Gasteiger partial charge in [-0.3, -0.25) is 9.59 Å². The van der Waals surface area contributed by atoms with Gasteiger partial charge in [-0.15, -0.1) is 0 Å². The molecular weight excluding hydrogens is 342 g/mol. The molecule has 1 saturated carbocycles. The quantitative estimate of drug-likeness (QED) is 0.469. The van der Waals surface area contributed by atoms with Crippen LogP contribution in [0.25, 0.3) is 0 Å². The number of rotatable bonds is 6. The van der Waals surface area contributed by atoms with Gasteiger partial charge in [0.1, 0.15) is 12.4 Å². The highest BCUT2D eigenvalue weighted by Crippen LogP contribution is 2.17. The van der Waals surface area contributed by atoms with Crippen LogP contribution in [0.3, 0.4) is 0 Å². The third kappa shape index (κ3) is 5.95. The largest absolute Gasteiger partial charge is 0.489 e. The van der Waals surface area contributed by atoms with Crippen molar-refractivity contribution in [3.63, 3.8) is 0 Å². The van der Waals surface area contributed by atoms with Crippen LogP contribution in [0.15, 0.2) is 59.7 Å². The Morgan fingerprint density at radius 2 is 1.81 bits per heavy atom. The monoisotopic (exact) mass is 365 g/mol. The number of benzene rings is 2. The Hall–Kier alpha value is -3.15. The Morgan fingerprint density at radius 1 is 1.04 bits per heavy atom. The molecule has 6 heteroatoms. The van der Waals surface area contributed by atoms with Gasteiger partial charge in [0.2, 0.25) is 0 Å². The lowest BCUT2D eigenvalue weighted by atomic mass is 10.2. The van der Waals surface area contributed by atoms with Crippen LogP contribution in [-0.4, -0.2) is 24.1 Å². The van der Waals surface area contributed by atoms with E-state index in [2.05, 4.69) is 15.8 Å². The summed E-state index contributed by atoms with van der Waals surface area (Å²) in [7, 11) is 0. The topological polar surface area (TPSA) is 79.8 Å². The number of nitrogens with zero attached hydrogens (tertiary/aromatic N) is 1. The molecule has 2 aromatic carbocycles. The Morgan fingerprint density at radius 3 is 2.59 bits per heavy atom. The Labute approximate surface area is 158 Å².